The third-order valence-electron chi connectivity index (χ3n) is 3.66. The van der Waals surface area contributed by atoms with Crippen molar-refractivity contribution in [1.82, 2.24) is 5.32 Å². The molecule has 1 saturated heterocycles. The standard InChI is InChI=1S/C12H26N2O/c1-4-12(5-2)8-11(6-7-15-12)14-10(3)9-13/h10-11,14H,4-9,13H2,1-3H3. The van der Waals surface area contributed by atoms with Crippen LogP contribution >= 0.6 is 0 Å². The van der Waals surface area contributed by atoms with Gasteiger partial charge in [0.15, 0.2) is 0 Å². The van der Waals surface area contributed by atoms with Gasteiger partial charge in [-0.2, -0.15) is 0 Å². The molecule has 1 aliphatic heterocycles. The largest absolute Gasteiger partial charge is 0.375 e. The van der Waals surface area contributed by atoms with Gasteiger partial charge in [-0.15, -0.1) is 0 Å². The molecule has 15 heavy (non-hydrogen) atoms. The van der Waals surface area contributed by atoms with Crippen molar-refractivity contribution in [3.63, 3.8) is 0 Å². The predicted molar refractivity (Wildman–Crippen MR) is 63.9 cm³/mol. The third kappa shape index (κ3) is 3.44. The lowest BCUT2D eigenvalue weighted by Crippen LogP contribution is -2.50. The zero-order valence-electron chi connectivity index (χ0n) is 10.4. The summed E-state index contributed by atoms with van der Waals surface area (Å²) in [5.74, 6) is 0. The van der Waals surface area contributed by atoms with Crippen molar-refractivity contribution in [3.05, 3.63) is 0 Å². The van der Waals surface area contributed by atoms with Gasteiger partial charge in [0, 0.05) is 25.2 Å². The van der Waals surface area contributed by atoms with E-state index in [9.17, 15) is 0 Å². The summed E-state index contributed by atoms with van der Waals surface area (Å²) < 4.78 is 5.94. The summed E-state index contributed by atoms with van der Waals surface area (Å²) in [5, 5.41) is 3.59. The van der Waals surface area contributed by atoms with E-state index in [-0.39, 0.29) is 5.60 Å². The third-order valence-corrected chi connectivity index (χ3v) is 3.66. The number of nitrogens with one attached hydrogen (secondary N) is 1. The average molecular weight is 214 g/mol. The minimum absolute atomic E-state index is 0.115. The smallest absolute Gasteiger partial charge is 0.0692 e. The molecule has 0 aliphatic carbocycles. The van der Waals surface area contributed by atoms with Crippen LogP contribution in [0.5, 0.6) is 0 Å². The summed E-state index contributed by atoms with van der Waals surface area (Å²) in [4.78, 5) is 0. The van der Waals surface area contributed by atoms with Crippen molar-refractivity contribution in [2.24, 2.45) is 5.73 Å². The van der Waals surface area contributed by atoms with E-state index in [2.05, 4.69) is 26.1 Å². The number of nitrogens with two attached hydrogens (primary N) is 1. The van der Waals surface area contributed by atoms with Gasteiger partial charge in [0.2, 0.25) is 0 Å². The summed E-state index contributed by atoms with van der Waals surface area (Å²) in [6, 6.07) is 0.997. The summed E-state index contributed by atoms with van der Waals surface area (Å²) in [7, 11) is 0. The lowest BCUT2D eigenvalue weighted by molar-refractivity contribution is -0.0938. The molecule has 0 aromatic carbocycles. The normalized spacial score (nSPS) is 27.6. The molecule has 3 heteroatoms. The molecule has 3 N–H and O–H groups in total. The number of rotatable bonds is 5. The maximum atomic E-state index is 5.94. The highest BCUT2D eigenvalue weighted by atomic mass is 16.5. The van der Waals surface area contributed by atoms with Gasteiger partial charge in [0.05, 0.1) is 5.60 Å². The fourth-order valence-electron chi connectivity index (χ4n) is 2.38. The first kappa shape index (κ1) is 12.9. The van der Waals surface area contributed by atoms with Gasteiger partial charge in [-0.05, 0) is 32.6 Å². The van der Waals surface area contributed by atoms with Crippen molar-refractivity contribution >= 4 is 0 Å². The Kier molecular flexibility index (Phi) is 5.03. The molecule has 3 nitrogen and oxygen atoms in total. The van der Waals surface area contributed by atoms with Crippen molar-refractivity contribution in [1.29, 1.82) is 0 Å². The van der Waals surface area contributed by atoms with Crippen LogP contribution in [0.4, 0.5) is 0 Å². The van der Waals surface area contributed by atoms with E-state index in [1.807, 2.05) is 0 Å². The molecule has 0 saturated carbocycles. The Hall–Kier alpha value is -0.120. The summed E-state index contributed by atoms with van der Waals surface area (Å²) in [6.07, 6.45) is 4.47. The van der Waals surface area contributed by atoms with Crippen LogP contribution in [0, 0.1) is 0 Å². The fourth-order valence-corrected chi connectivity index (χ4v) is 2.38. The van der Waals surface area contributed by atoms with Gasteiger partial charge in [0.1, 0.15) is 0 Å². The predicted octanol–water partition coefficient (Wildman–Crippen LogP) is 1.66. The van der Waals surface area contributed by atoms with Gasteiger partial charge in [-0.1, -0.05) is 13.8 Å². The fraction of sp³-hybridized carbons (Fsp3) is 1.00. The molecule has 1 aliphatic rings. The second-order valence-electron chi connectivity index (χ2n) is 4.73. The molecule has 0 bridgehead atoms. The van der Waals surface area contributed by atoms with Crippen LogP contribution in [0.1, 0.15) is 46.5 Å². The van der Waals surface area contributed by atoms with Gasteiger partial charge >= 0.3 is 0 Å². The number of hydrogen-bond donors (Lipinski definition) is 2. The van der Waals surface area contributed by atoms with Crippen LogP contribution in [0.2, 0.25) is 0 Å². The lowest BCUT2D eigenvalue weighted by atomic mass is 9.85. The second kappa shape index (κ2) is 5.83. The van der Waals surface area contributed by atoms with Crippen LogP contribution in [0.15, 0.2) is 0 Å². The topological polar surface area (TPSA) is 47.3 Å². The van der Waals surface area contributed by atoms with E-state index in [0.29, 0.717) is 18.6 Å². The van der Waals surface area contributed by atoms with Crippen LogP contribution in [0.25, 0.3) is 0 Å². The summed E-state index contributed by atoms with van der Waals surface area (Å²) in [5.41, 5.74) is 5.74. The molecule has 90 valence electrons. The van der Waals surface area contributed by atoms with E-state index in [0.717, 1.165) is 32.3 Å². The molecular formula is C12H26N2O. The summed E-state index contributed by atoms with van der Waals surface area (Å²) in [6.45, 7) is 8.19. The molecule has 0 amide bonds. The van der Waals surface area contributed by atoms with E-state index in [1.54, 1.807) is 0 Å². The first-order valence-electron chi connectivity index (χ1n) is 6.26. The monoisotopic (exact) mass is 214 g/mol. The first-order valence-corrected chi connectivity index (χ1v) is 6.26. The highest BCUT2D eigenvalue weighted by molar-refractivity contribution is 4.89. The van der Waals surface area contributed by atoms with Crippen molar-refractivity contribution in [2.45, 2.75) is 64.1 Å². The van der Waals surface area contributed by atoms with E-state index >= 15 is 0 Å². The highest BCUT2D eigenvalue weighted by Crippen LogP contribution is 2.31. The van der Waals surface area contributed by atoms with Gasteiger partial charge in [0.25, 0.3) is 0 Å². The quantitative estimate of drug-likeness (QED) is 0.731. The van der Waals surface area contributed by atoms with Gasteiger partial charge in [-0.3, -0.25) is 0 Å². The Morgan fingerprint density at radius 3 is 2.67 bits per heavy atom. The SMILES string of the molecule is CCC1(CC)CC(NC(C)CN)CCO1. The zero-order chi connectivity index (χ0) is 11.3. The van der Waals surface area contributed by atoms with Crippen LogP contribution in [0.3, 0.4) is 0 Å². The maximum Gasteiger partial charge on any atom is 0.0692 e. The van der Waals surface area contributed by atoms with Gasteiger partial charge < -0.3 is 15.8 Å². The number of hydrogen-bond acceptors (Lipinski definition) is 3. The Labute approximate surface area is 93.8 Å². The van der Waals surface area contributed by atoms with Crippen molar-refractivity contribution in [3.8, 4) is 0 Å². The van der Waals surface area contributed by atoms with Gasteiger partial charge in [-0.25, -0.2) is 0 Å². The Balaban J connectivity index is 2.47. The highest BCUT2D eigenvalue weighted by Gasteiger charge is 2.34. The van der Waals surface area contributed by atoms with Crippen LogP contribution in [-0.2, 0) is 4.74 Å². The molecule has 2 atom stereocenters. The molecule has 2 unspecified atom stereocenters. The maximum absolute atomic E-state index is 5.94. The first-order chi connectivity index (χ1) is 7.15. The van der Waals surface area contributed by atoms with E-state index < -0.39 is 0 Å². The van der Waals surface area contributed by atoms with Crippen molar-refractivity contribution in [2.75, 3.05) is 13.2 Å². The molecular weight excluding hydrogens is 188 g/mol. The average Bonchev–Trinajstić information content (AvgIpc) is 2.29. The van der Waals surface area contributed by atoms with Crippen LogP contribution in [-0.4, -0.2) is 30.8 Å². The van der Waals surface area contributed by atoms with Crippen molar-refractivity contribution < 1.29 is 4.74 Å². The molecule has 0 aromatic heterocycles. The Bertz CT molecular complexity index is 180. The molecule has 1 heterocycles. The van der Waals surface area contributed by atoms with E-state index in [1.165, 1.54) is 0 Å². The molecule has 0 spiro atoms. The Morgan fingerprint density at radius 1 is 1.47 bits per heavy atom. The molecule has 1 rings (SSSR count). The van der Waals surface area contributed by atoms with E-state index in [4.69, 9.17) is 10.5 Å². The minimum atomic E-state index is 0.115. The zero-order valence-corrected chi connectivity index (χ0v) is 10.4. The number of ether oxygens (including phenoxy) is 1. The second-order valence-corrected chi connectivity index (χ2v) is 4.73. The van der Waals surface area contributed by atoms with Crippen LogP contribution < -0.4 is 11.1 Å². The lowest BCUT2D eigenvalue weighted by Gasteiger charge is -2.41. The molecule has 0 radical (unpaired) electrons. The Morgan fingerprint density at radius 2 is 2.13 bits per heavy atom. The minimum Gasteiger partial charge on any atom is -0.375 e. The summed E-state index contributed by atoms with van der Waals surface area (Å²) >= 11 is 0. The molecule has 1 fully saturated rings. The molecule has 0 aromatic rings.